The van der Waals surface area contributed by atoms with E-state index in [9.17, 15) is 13.2 Å². The molecule has 1 heterocycles. The Kier molecular flexibility index (Phi) is 6.85. The molecule has 1 atom stereocenters. The van der Waals surface area contributed by atoms with Crippen molar-refractivity contribution in [1.82, 2.24) is 5.32 Å². The number of rotatable bonds is 5. The second-order valence-electron chi connectivity index (χ2n) is 5.76. The minimum Gasteiger partial charge on any atom is -0.352 e. The van der Waals surface area contributed by atoms with Crippen molar-refractivity contribution in [2.24, 2.45) is 5.73 Å². The highest BCUT2D eigenvalue weighted by atomic mass is 35.5. The first-order valence-electron chi connectivity index (χ1n) is 7.46. The number of nitrogens with two attached hydrogens (primary N) is 1. The summed E-state index contributed by atoms with van der Waals surface area (Å²) in [5, 5.41) is 2.83. The van der Waals surface area contributed by atoms with Crippen LogP contribution < -0.4 is 15.4 Å². The quantitative estimate of drug-likeness (QED) is 0.829. The first-order valence-corrected chi connectivity index (χ1v) is 9.07. The van der Waals surface area contributed by atoms with Gasteiger partial charge in [0.15, 0.2) is 0 Å². The van der Waals surface area contributed by atoms with E-state index < -0.39 is 10.0 Å². The highest BCUT2D eigenvalue weighted by Crippen LogP contribution is 2.26. The number of halogens is 1. The molecule has 2 rings (SSSR count). The zero-order valence-electron chi connectivity index (χ0n) is 13.4. The molecule has 23 heavy (non-hydrogen) atoms. The molecule has 0 bridgehead atoms. The van der Waals surface area contributed by atoms with Gasteiger partial charge in [-0.15, -0.1) is 12.4 Å². The van der Waals surface area contributed by atoms with Gasteiger partial charge in [-0.1, -0.05) is 0 Å². The van der Waals surface area contributed by atoms with Gasteiger partial charge in [0, 0.05) is 24.7 Å². The van der Waals surface area contributed by atoms with Crippen molar-refractivity contribution >= 4 is 34.0 Å². The minimum atomic E-state index is -3.19. The number of carbonyl (C=O) groups excluding carboxylic acids is 1. The van der Waals surface area contributed by atoms with Crippen LogP contribution in [0.25, 0.3) is 0 Å². The number of anilines is 1. The Morgan fingerprint density at radius 2 is 2.13 bits per heavy atom. The topological polar surface area (TPSA) is 92.5 Å². The Balaban J connectivity index is 0.00000264. The van der Waals surface area contributed by atoms with Crippen LogP contribution in [0.4, 0.5) is 5.69 Å². The van der Waals surface area contributed by atoms with E-state index in [1.807, 2.05) is 13.8 Å². The van der Waals surface area contributed by atoms with Crippen LogP contribution in [0, 0.1) is 6.92 Å². The van der Waals surface area contributed by atoms with Crippen LogP contribution in [0.15, 0.2) is 18.2 Å². The first kappa shape index (κ1) is 19.7. The summed E-state index contributed by atoms with van der Waals surface area (Å²) in [6.07, 6.45) is 1.36. The molecule has 0 aliphatic carbocycles. The number of amides is 1. The van der Waals surface area contributed by atoms with Crippen LogP contribution in [0.1, 0.15) is 35.7 Å². The number of benzene rings is 1. The van der Waals surface area contributed by atoms with E-state index in [1.165, 1.54) is 4.31 Å². The Hall–Kier alpha value is -1.31. The lowest BCUT2D eigenvalue weighted by Crippen LogP contribution is -2.29. The molecule has 1 amide bonds. The van der Waals surface area contributed by atoms with Gasteiger partial charge in [0.2, 0.25) is 10.0 Å². The zero-order chi connectivity index (χ0) is 16.3. The smallest absolute Gasteiger partial charge is 0.251 e. The molecule has 1 aromatic rings. The summed E-state index contributed by atoms with van der Waals surface area (Å²) < 4.78 is 25.3. The van der Waals surface area contributed by atoms with Crippen molar-refractivity contribution in [3.05, 3.63) is 29.3 Å². The van der Waals surface area contributed by atoms with Gasteiger partial charge in [-0.25, -0.2) is 8.42 Å². The molecular weight excluding hydrogens is 338 g/mol. The van der Waals surface area contributed by atoms with E-state index >= 15 is 0 Å². The third kappa shape index (κ3) is 4.83. The Bertz CT molecular complexity index is 662. The molecule has 0 saturated carbocycles. The van der Waals surface area contributed by atoms with Gasteiger partial charge in [0.05, 0.1) is 11.4 Å². The molecule has 1 fully saturated rings. The molecule has 0 aromatic heterocycles. The van der Waals surface area contributed by atoms with E-state index in [1.54, 1.807) is 18.2 Å². The standard InChI is InChI=1S/C15H23N3O3S.ClH/c1-11-10-13(18-8-3-9-22(18,20)21)4-5-14(11)15(19)17-7-6-12(2)16;/h4-5,10,12H,3,6-9,16H2,1-2H3,(H,17,19);1H. The van der Waals surface area contributed by atoms with Crippen molar-refractivity contribution in [3.63, 3.8) is 0 Å². The third-order valence-electron chi connectivity index (χ3n) is 3.73. The fourth-order valence-electron chi connectivity index (χ4n) is 2.50. The minimum absolute atomic E-state index is 0. The molecule has 1 aliphatic heterocycles. The third-order valence-corrected chi connectivity index (χ3v) is 5.60. The predicted molar refractivity (Wildman–Crippen MR) is 94.8 cm³/mol. The van der Waals surface area contributed by atoms with Gasteiger partial charge in [-0.3, -0.25) is 9.10 Å². The van der Waals surface area contributed by atoms with Gasteiger partial charge in [0.25, 0.3) is 5.91 Å². The molecule has 1 saturated heterocycles. The molecule has 1 aromatic carbocycles. The number of hydrogen-bond acceptors (Lipinski definition) is 4. The zero-order valence-corrected chi connectivity index (χ0v) is 15.0. The maximum Gasteiger partial charge on any atom is 0.251 e. The summed E-state index contributed by atoms with van der Waals surface area (Å²) in [6.45, 7) is 4.73. The van der Waals surface area contributed by atoms with Crippen molar-refractivity contribution in [2.45, 2.75) is 32.7 Å². The number of sulfonamides is 1. The van der Waals surface area contributed by atoms with Crippen LogP contribution in [0.5, 0.6) is 0 Å². The van der Waals surface area contributed by atoms with Crippen molar-refractivity contribution in [3.8, 4) is 0 Å². The normalized spacial score (nSPS) is 17.4. The average Bonchev–Trinajstić information content (AvgIpc) is 2.77. The maximum atomic E-state index is 12.1. The number of carbonyl (C=O) groups is 1. The van der Waals surface area contributed by atoms with Gasteiger partial charge >= 0.3 is 0 Å². The summed E-state index contributed by atoms with van der Waals surface area (Å²) >= 11 is 0. The van der Waals surface area contributed by atoms with Gasteiger partial charge in [-0.05, 0) is 50.5 Å². The summed E-state index contributed by atoms with van der Waals surface area (Å²) in [6, 6.07) is 5.17. The second kappa shape index (κ2) is 7.99. The Morgan fingerprint density at radius 1 is 1.43 bits per heavy atom. The van der Waals surface area contributed by atoms with Crippen LogP contribution in [-0.4, -0.2) is 39.2 Å². The molecule has 6 nitrogen and oxygen atoms in total. The highest BCUT2D eigenvalue weighted by Gasteiger charge is 2.28. The van der Waals surface area contributed by atoms with Crippen molar-refractivity contribution < 1.29 is 13.2 Å². The van der Waals surface area contributed by atoms with Crippen molar-refractivity contribution in [1.29, 1.82) is 0 Å². The number of aryl methyl sites for hydroxylation is 1. The van der Waals surface area contributed by atoms with Gasteiger partial charge in [0.1, 0.15) is 0 Å². The lowest BCUT2D eigenvalue weighted by Gasteiger charge is -2.18. The molecular formula is C15H24ClN3O3S. The van der Waals surface area contributed by atoms with E-state index in [0.717, 1.165) is 12.0 Å². The fraction of sp³-hybridized carbons (Fsp3) is 0.533. The maximum absolute atomic E-state index is 12.1. The molecule has 1 unspecified atom stereocenters. The number of nitrogens with one attached hydrogen (secondary N) is 1. The highest BCUT2D eigenvalue weighted by molar-refractivity contribution is 7.93. The fourth-order valence-corrected chi connectivity index (χ4v) is 4.05. The van der Waals surface area contributed by atoms with E-state index in [2.05, 4.69) is 5.32 Å². The average molecular weight is 362 g/mol. The molecule has 0 spiro atoms. The summed E-state index contributed by atoms with van der Waals surface area (Å²) in [4.78, 5) is 12.1. The van der Waals surface area contributed by atoms with Gasteiger partial charge < -0.3 is 11.1 Å². The molecule has 130 valence electrons. The van der Waals surface area contributed by atoms with Crippen LogP contribution >= 0.6 is 12.4 Å². The second-order valence-corrected chi connectivity index (χ2v) is 7.78. The Morgan fingerprint density at radius 3 is 2.65 bits per heavy atom. The summed E-state index contributed by atoms with van der Waals surface area (Å²) in [5.41, 5.74) is 7.60. The largest absolute Gasteiger partial charge is 0.352 e. The number of hydrogen-bond donors (Lipinski definition) is 2. The Labute approximate surface area is 143 Å². The van der Waals surface area contributed by atoms with Crippen molar-refractivity contribution in [2.75, 3.05) is 23.1 Å². The monoisotopic (exact) mass is 361 g/mol. The summed E-state index contributed by atoms with van der Waals surface area (Å²) in [7, 11) is -3.19. The predicted octanol–water partition coefficient (Wildman–Crippen LogP) is 1.42. The molecule has 0 radical (unpaired) electrons. The van der Waals surface area contributed by atoms with Crippen LogP contribution in [-0.2, 0) is 10.0 Å². The molecule has 8 heteroatoms. The lowest BCUT2D eigenvalue weighted by atomic mass is 10.1. The lowest BCUT2D eigenvalue weighted by molar-refractivity contribution is 0.0952. The SMILES string of the molecule is Cc1cc(N2CCCS2(=O)=O)ccc1C(=O)NCCC(C)N.Cl. The van der Waals surface area contributed by atoms with Crippen LogP contribution in [0.2, 0.25) is 0 Å². The van der Waals surface area contributed by atoms with Gasteiger partial charge in [-0.2, -0.15) is 0 Å². The molecule has 1 aliphatic rings. The summed E-state index contributed by atoms with van der Waals surface area (Å²) in [5.74, 6) is 0.0277. The van der Waals surface area contributed by atoms with E-state index in [4.69, 9.17) is 5.73 Å². The van der Waals surface area contributed by atoms with Crippen LogP contribution in [0.3, 0.4) is 0 Å². The molecule has 3 N–H and O–H groups in total. The number of nitrogens with zero attached hydrogens (tertiary/aromatic N) is 1. The first-order chi connectivity index (χ1) is 10.3. The van der Waals surface area contributed by atoms with E-state index in [-0.39, 0.29) is 30.1 Å². The van der Waals surface area contributed by atoms with E-state index in [0.29, 0.717) is 30.8 Å².